The fraction of sp³-hybridized carbons (Fsp3) is 0.909. The van der Waals surface area contributed by atoms with E-state index in [9.17, 15) is 13.6 Å². The van der Waals surface area contributed by atoms with E-state index in [1.807, 2.05) is 0 Å². The summed E-state index contributed by atoms with van der Waals surface area (Å²) in [6.07, 6.45) is -2.62. The molecule has 0 unspecified atom stereocenters. The van der Waals surface area contributed by atoms with Crippen LogP contribution in [-0.4, -0.2) is 48.8 Å². The Bertz CT molecular complexity index is 266. The van der Waals surface area contributed by atoms with Crippen LogP contribution in [0.1, 0.15) is 27.2 Å². The molecule has 1 saturated heterocycles. The molecule has 1 fully saturated rings. The predicted molar refractivity (Wildman–Crippen MR) is 58.2 cm³/mol. The lowest BCUT2D eigenvalue weighted by Gasteiger charge is -2.24. The average Bonchev–Trinajstić information content (AvgIpc) is 2.60. The van der Waals surface area contributed by atoms with Gasteiger partial charge in [0, 0.05) is 6.54 Å². The van der Waals surface area contributed by atoms with Crippen molar-refractivity contribution in [2.45, 2.75) is 45.3 Å². The highest BCUT2D eigenvalue weighted by atomic mass is 19.3. The number of carbonyl (C=O) groups excluding carboxylic acids is 1. The molecule has 0 N–H and O–H groups in total. The van der Waals surface area contributed by atoms with Crippen molar-refractivity contribution in [2.75, 3.05) is 19.7 Å². The number of carbonyl (C=O) groups is 1. The van der Waals surface area contributed by atoms with Gasteiger partial charge in [0.05, 0.1) is 12.6 Å². The van der Waals surface area contributed by atoms with Crippen molar-refractivity contribution in [3.8, 4) is 0 Å². The summed E-state index contributed by atoms with van der Waals surface area (Å²) in [6, 6.07) is 0. The summed E-state index contributed by atoms with van der Waals surface area (Å²) in [5, 5.41) is 0. The monoisotopic (exact) mass is 251 g/mol. The molecule has 1 atom stereocenters. The zero-order valence-electron chi connectivity index (χ0n) is 10.4. The van der Waals surface area contributed by atoms with Gasteiger partial charge in [-0.2, -0.15) is 0 Å². The van der Waals surface area contributed by atoms with Gasteiger partial charge in [-0.1, -0.05) is 0 Å². The molecule has 17 heavy (non-hydrogen) atoms. The van der Waals surface area contributed by atoms with Crippen molar-refractivity contribution in [2.24, 2.45) is 0 Å². The molecule has 4 nitrogen and oxygen atoms in total. The Kier molecular flexibility index (Phi) is 4.68. The second-order valence-electron chi connectivity index (χ2n) is 5.06. The van der Waals surface area contributed by atoms with Crippen molar-refractivity contribution in [3.05, 3.63) is 0 Å². The van der Waals surface area contributed by atoms with Crippen LogP contribution < -0.4 is 0 Å². The molecule has 1 aliphatic heterocycles. The molecule has 0 aromatic carbocycles. The molecule has 1 aliphatic rings. The van der Waals surface area contributed by atoms with Crippen LogP contribution in [0.25, 0.3) is 0 Å². The first-order valence-corrected chi connectivity index (χ1v) is 5.65. The zero-order chi connectivity index (χ0) is 13.1. The summed E-state index contributed by atoms with van der Waals surface area (Å²) < 4.78 is 34.0. The van der Waals surface area contributed by atoms with Crippen LogP contribution in [-0.2, 0) is 9.47 Å². The van der Waals surface area contributed by atoms with Crippen LogP contribution in [0.4, 0.5) is 13.6 Å². The normalized spacial score (nSPS) is 21.1. The fourth-order valence-electron chi connectivity index (χ4n) is 1.57. The average molecular weight is 251 g/mol. The lowest BCUT2D eigenvalue weighted by atomic mass is 10.2. The van der Waals surface area contributed by atoms with Gasteiger partial charge in [-0.15, -0.1) is 0 Å². The van der Waals surface area contributed by atoms with E-state index >= 15 is 0 Å². The third-order valence-electron chi connectivity index (χ3n) is 2.25. The highest BCUT2D eigenvalue weighted by Gasteiger charge is 2.30. The van der Waals surface area contributed by atoms with E-state index in [-0.39, 0.29) is 6.10 Å². The Hall–Kier alpha value is -0.910. The van der Waals surface area contributed by atoms with Crippen LogP contribution in [0.5, 0.6) is 0 Å². The lowest BCUT2D eigenvalue weighted by molar-refractivity contribution is -0.0216. The molecule has 0 radical (unpaired) electrons. The number of likely N-dealkylation sites (tertiary alicyclic amines) is 1. The van der Waals surface area contributed by atoms with Crippen molar-refractivity contribution in [1.29, 1.82) is 0 Å². The minimum atomic E-state index is -2.47. The van der Waals surface area contributed by atoms with Gasteiger partial charge in [0.2, 0.25) is 0 Å². The van der Waals surface area contributed by atoms with Gasteiger partial charge in [-0.05, 0) is 27.2 Å². The van der Waals surface area contributed by atoms with Crippen molar-refractivity contribution >= 4 is 6.09 Å². The molecule has 0 aliphatic carbocycles. The molecule has 0 bridgehead atoms. The van der Waals surface area contributed by atoms with E-state index in [4.69, 9.17) is 9.47 Å². The topological polar surface area (TPSA) is 38.8 Å². The maximum Gasteiger partial charge on any atom is 0.410 e. The molecule has 0 aromatic heterocycles. The molecule has 1 heterocycles. The van der Waals surface area contributed by atoms with Crippen LogP contribution in [0.15, 0.2) is 0 Å². The number of halogens is 2. The highest BCUT2D eigenvalue weighted by Crippen LogP contribution is 2.17. The minimum absolute atomic E-state index is 0.309. The summed E-state index contributed by atoms with van der Waals surface area (Å²) in [7, 11) is 0. The second kappa shape index (κ2) is 5.62. The first-order valence-electron chi connectivity index (χ1n) is 5.65. The maximum absolute atomic E-state index is 11.9. The number of nitrogens with zero attached hydrogens (tertiary/aromatic N) is 1. The van der Waals surface area contributed by atoms with Gasteiger partial charge < -0.3 is 14.4 Å². The van der Waals surface area contributed by atoms with Crippen LogP contribution in [0.2, 0.25) is 0 Å². The Morgan fingerprint density at radius 3 is 2.65 bits per heavy atom. The largest absolute Gasteiger partial charge is 0.444 e. The van der Waals surface area contributed by atoms with E-state index in [1.54, 1.807) is 20.8 Å². The number of ether oxygens (including phenoxy) is 2. The SMILES string of the molecule is CC(C)(C)OC(=O)N1CC[C@H](OCC(F)F)C1. The number of hydrogen-bond donors (Lipinski definition) is 0. The summed E-state index contributed by atoms with van der Waals surface area (Å²) >= 11 is 0. The smallest absolute Gasteiger partial charge is 0.410 e. The number of alkyl halides is 2. The molecular formula is C11H19F2NO3. The first-order chi connectivity index (χ1) is 7.78. The second-order valence-corrected chi connectivity index (χ2v) is 5.06. The number of hydrogen-bond acceptors (Lipinski definition) is 3. The van der Waals surface area contributed by atoms with Crippen molar-refractivity contribution in [1.82, 2.24) is 4.90 Å². The third-order valence-corrected chi connectivity index (χ3v) is 2.25. The fourth-order valence-corrected chi connectivity index (χ4v) is 1.57. The molecule has 0 spiro atoms. The van der Waals surface area contributed by atoms with Crippen molar-refractivity contribution < 1.29 is 23.0 Å². The van der Waals surface area contributed by atoms with Gasteiger partial charge >= 0.3 is 6.09 Å². The summed E-state index contributed by atoms with van der Waals surface area (Å²) in [5.74, 6) is 0. The molecule has 100 valence electrons. The van der Waals surface area contributed by atoms with Gasteiger partial charge in [0.15, 0.2) is 0 Å². The van der Waals surface area contributed by atoms with Crippen LogP contribution >= 0.6 is 0 Å². The Balaban J connectivity index is 2.32. The highest BCUT2D eigenvalue weighted by molar-refractivity contribution is 5.68. The number of rotatable bonds is 3. The summed E-state index contributed by atoms with van der Waals surface area (Å²) in [6.45, 7) is 5.58. The van der Waals surface area contributed by atoms with Crippen LogP contribution in [0.3, 0.4) is 0 Å². The van der Waals surface area contributed by atoms with Gasteiger partial charge in [-0.3, -0.25) is 0 Å². The van der Waals surface area contributed by atoms with E-state index in [2.05, 4.69) is 0 Å². The molecular weight excluding hydrogens is 232 g/mol. The molecule has 1 amide bonds. The summed E-state index contributed by atoms with van der Waals surface area (Å²) in [4.78, 5) is 13.1. The number of amides is 1. The van der Waals surface area contributed by atoms with E-state index in [0.29, 0.717) is 19.5 Å². The minimum Gasteiger partial charge on any atom is -0.444 e. The molecule has 0 aromatic rings. The predicted octanol–water partition coefficient (Wildman–Crippen LogP) is 2.28. The molecule has 1 rings (SSSR count). The van der Waals surface area contributed by atoms with Gasteiger partial charge in [-0.25, -0.2) is 13.6 Å². The Morgan fingerprint density at radius 2 is 2.12 bits per heavy atom. The summed E-state index contributed by atoms with van der Waals surface area (Å²) in [5.41, 5.74) is -0.543. The van der Waals surface area contributed by atoms with E-state index in [1.165, 1.54) is 4.90 Å². The Morgan fingerprint density at radius 1 is 1.47 bits per heavy atom. The lowest BCUT2D eigenvalue weighted by Crippen LogP contribution is -2.36. The first kappa shape index (κ1) is 14.2. The maximum atomic E-state index is 11.9. The van der Waals surface area contributed by atoms with Crippen molar-refractivity contribution in [3.63, 3.8) is 0 Å². The molecule has 0 saturated carbocycles. The zero-order valence-corrected chi connectivity index (χ0v) is 10.4. The quantitative estimate of drug-likeness (QED) is 0.772. The van der Waals surface area contributed by atoms with Crippen LogP contribution in [0, 0.1) is 0 Å². The molecule has 6 heteroatoms. The standard InChI is InChI=1S/C11H19F2NO3/c1-11(2,3)17-10(15)14-5-4-8(6-14)16-7-9(12)13/h8-9H,4-7H2,1-3H3/t8-/m0/s1. The Labute approximate surface area is 99.9 Å². The third kappa shape index (κ3) is 5.30. The van der Waals surface area contributed by atoms with E-state index in [0.717, 1.165) is 0 Å². The van der Waals surface area contributed by atoms with E-state index < -0.39 is 24.7 Å². The van der Waals surface area contributed by atoms with Gasteiger partial charge in [0.25, 0.3) is 6.43 Å². The van der Waals surface area contributed by atoms with Gasteiger partial charge in [0.1, 0.15) is 12.2 Å².